The summed E-state index contributed by atoms with van der Waals surface area (Å²) in [6.45, 7) is 2.29. The van der Waals surface area contributed by atoms with Crippen molar-refractivity contribution in [3.05, 3.63) is 12.7 Å². The zero-order valence-electron chi connectivity index (χ0n) is 15.1. The molecule has 0 N–H and O–H groups in total. The number of esters is 1. The molecule has 24 heteroatoms. The Balaban J connectivity index is 6.87. The van der Waals surface area contributed by atoms with E-state index in [0.29, 0.717) is 0 Å². The van der Waals surface area contributed by atoms with Gasteiger partial charge in [0.15, 0.2) is 0 Å². The zero-order chi connectivity index (χ0) is 29.1. The minimum absolute atomic E-state index is 0.451. The summed E-state index contributed by atoms with van der Waals surface area (Å²) >= 11 is 0. The molecule has 0 amide bonds. The molecule has 35 heavy (non-hydrogen) atoms. The van der Waals surface area contributed by atoms with E-state index in [1.54, 1.807) is 0 Å². The van der Waals surface area contributed by atoms with Gasteiger partial charge in [-0.15, -0.1) is 4.48 Å². The molecule has 0 atom stereocenters. The number of hydrogen-bond donors (Lipinski definition) is 0. The van der Waals surface area contributed by atoms with E-state index < -0.39 is 73.9 Å². The number of carbonyl (C=O) groups excluding carboxylic acids is 1. The first-order valence-corrected chi connectivity index (χ1v) is 8.57. The van der Waals surface area contributed by atoms with Crippen molar-refractivity contribution in [3.63, 3.8) is 0 Å². The van der Waals surface area contributed by atoms with Gasteiger partial charge in [-0.05, 0) is 0 Å². The average Bonchev–Trinajstić information content (AvgIpc) is 2.64. The molecule has 0 saturated carbocycles. The van der Waals surface area contributed by atoms with Gasteiger partial charge in [0.1, 0.15) is 0 Å². The van der Waals surface area contributed by atoms with Crippen LogP contribution in [0.1, 0.15) is 0 Å². The molecule has 0 aliphatic heterocycles. The Labute approximate surface area is 178 Å². The summed E-state index contributed by atoms with van der Waals surface area (Å²) < 4.78 is 254. The summed E-state index contributed by atoms with van der Waals surface area (Å²) in [7, 11) is -9.21. The maximum absolute atomic E-state index is 13.5. The molecule has 0 fully saturated rings. The van der Waals surface area contributed by atoms with E-state index in [4.69, 9.17) is 0 Å². The Morgan fingerprint density at radius 1 is 0.686 bits per heavy atom. The number of sulfonamides is 1. The molecule has 0 aliphatic carbocycles. The first-order chi connectivity index (χ1) is 14.9. The van der Waals surface area contributed by atoms with Gasteiger partial charge in [0, 0.05) is 10.6 Å². The van der Waals surface area contributed by atoms with Gasteiger partial charge in [0.05, 0.1) is 0 Å². The van der Waals surface area contributed by atoms with Crippen LogP contribution in [0.2, 0.25) is 0 Å². The van der Waals surface area contributed by atoms with Gasteiger partial charge >= 0.3 is 63.3 Å². The second-order valence-electron chi connectivity index (χ2n) is 5.72. The van der Waals surface area contributed by atoms with Gasteiger partial charge < -0.3 is 4.74 Å². The molecule has 0 radical (unpaired) electrons. The number of nitrogens with zero attached hydrogens (tertiary/aromatic N) is 1. The number of ether oxygens (including phenoxy) is 1. The van der Waals surface area contributed by atoms with Crippen molar-refractivity contribution in [2.45, 2.75) is 47.3 Å². The molecule has 0 spiro atoms. The molecule has 0 bridgehead atoms. The van der Waals surface area contributed by atoms with Gasteiger partial charge in [-0.3, -0.25) is 0 Å². The molecule has 0 aromatic rings. The quantitative estimate of drug-likeness (QED) is 0.117. The summed E-state index contributed by atoms with van der Waals surface area (Å²) in [5, 5.41) is -8.61. The normalized spacial score (nSPS) is 15.9. The van der Waals surface area contributed by atoms with Crippen LogP contribution >= 0.6 is 0 Å². The van der Waals surface area contributed by atoms with E-state index in [1.807, 2.05) is 0 Å². The lowest BCUT2D eigenvalue weighted by molar-refractivity contribution is -0.434. The van der Waals surface area contributed by atoms with Gasteiger partial charge in [-0.2, -0.15) is 74.6 Å². The van der Waals surface area contributed by atoms with Crippen LogP contribution in [0.3, 0.4) is 0 Å². The Bertz CT molecular complexity index is 939. The van der Waals surface area contributed by atoms with E-state index in [-0.39, 0.29) is 0 Å². The molecule has 0 aromatic carbocycles. The minimum atomic E-state index is -9.21. The van der Waals surface area contributed by atoms with Crippen LogP contribution in [-0.4, -0.2) is 66.2 Å². The first-order valence-electron chi connectivity index (χ1n) is 7.13. The third-order valence-electron chi connectivity index (χ3n) is 3.41. The molecule has 0 saturated heterocycles. The van der Waals surface area contributed by atoms with Crippen LogP contribution in [0.5, 0.6) is 0 Å². The number of hydrogen-bond acceptors (Lipinski definition) is 4. The van der Waals surface area contributed by atoms with Crippen molar-refractivity contribution >= 4 is 16.0 Å². The summed E-state index contributed by atoms with van der Waals surface area (Å²) in [4.78, 5) is 10.5. The molecule has 0 rings (SSSR count). The van der Waals surface area contributed by atoms with Crippen molar-refractivity contribution in [1.82, 2.24) is 4.53 Å². The SMILES string of the molecule is C=CC(=O)OC(F)(F)C(F)(F)N(F)S(=O)(=O)C(F)(F)C(F)(F)C(F)(F)C(F)(F)C(F)(F)C(F)(F)F. The standard InChI is InChI=1S/C11H3F18NO4S/c1-2-3(31)34-10(25,26)9(23,24)30(29)35(32,33)11(27,28)7(18,19)5(14,15)4(12,13)6(16,17)8(20,21)22/h2H,1H2. The van der Waals surface area contributed by atoms with Crippen LogP contribution in [0.4, 0.5) is 79.1 Å². The fourth-order valence-electron chi connectivity index (χ4n) is 1.50. The highest BCUT2D eigenvalue weighted by Gasteiger charge is 2.93. The minimum Gasteiger partial charge on any atom is -0.392 e. The fraction of sp³-hybridized carbons (Fsp3) is 0.727. The van der Waals surface area contributed by atoms with Crippen LogP contribution in [0, 0.1) is 0 Å². The smallest absolute Gasteiger partial charge is 0.392 e. The molecule has 0 aromatic heterocycles. The molecule has 0 heterocycles. The largest absolute Gasteiger partial charge is 0.486 e. The van der Waals surface area contributed by atoms with Gasteiger partial charge in [-0.1, -0.05) is 6.58 Å². The highest BCUT2D eigenvalue weighted by molar-refractivity contribution is 7.90. The van der Waals surface area contributed by atoms with E-state index >= 15 is 0 Å². The highest BCUT2D eigenvalue weighted by atomic mass is 32.2. The number of carbonyl (C=O) groups is 1. The molecule has 0 aliphatic rings. The van der Waals surface area contributed by atoms with E-state index in [0.717, 1.165) is 0 Å². The van der Waals surface area contributed by atoms with Gasteiger partial charge in [0.2, 0.25) is 0 Å². The summed E-state index contributed by atoms with van der Waals surface area (Å²) in [6, 6.07) is -7.60. The van der Waals surface area contributed by atoms with E-state index in [2.05, 4.69) is 11.3 Å². The summed E-state index contributed by atoms with van der Waals surface area (Å²) in [6.07, 6.45) is -15.4. The van der Waals surface area contributed by atoms with Crippen molar-refractivity contribution in [2.75, 3.05) is 0 Å². The highest BCUT2D eigenvalue weighted by Crippen LogP contribution is 2.61. The summed E-state index contributed by atoms with van der Waals surface area (Å²) in [5.74, 6) is -37.6. The fourth-order valence-corrected chi connectivity index (χ4v) is 2.56. The maximum atomic E-state index is 13.5. The Morgan fingerprint density at radius 3 is 1.34 bits per heavy atom. The van der Waals surface area contributed by atoms with Crippen LogP contribution in [0.25, 0.3) is 0 Å². The molecule has 0 unspecified atom stereocenters. The van der Waals surface area contributed by atoms with Gasteiger partial charge in [-0.25, -0.2) is 13.2 Å². The lowest BCUT2D eigenvalue weighted by atomic mass is 9.98. The van der Waals surface area contributed by atoms with Crippen molar-refractivity contribution in [1.29, 1.82) is 0 Å². The van der Waals surface area contributed by atoms with Gasteiger partial charge in [0.25, 0.3) is 0 Å². The molecular formula is C11H3F18NO4S. The average molecular weight is 587 g/mol. The first kappa shape index (κ1) is 32.9. The summed E-state index contributed by atoms with van der Waals surface area (Å²) in [5.41, 5.74) is 0. The topological polar surface area (TPSA) is 63.7 Å². The van der Waals surface area contributed by atoms with Crippen LogP contribution in [-0.2, 0) is 19.6 Å². The lowest BCUT2D eigenvalue weighted by Gasteiger charge is -2.40. The van der Waals surface area contributed by atoms with Crippen LogP contribution in [0.15, 0.2) is 12.7 Å². The Morgan fingerprint density at radius 2 is 1.03 bits per heavy atom. The number of halogens is 18. The second kappa shape index (κ2) is 8.47. The maximum Gasteiger partial charge on any atom is 0.486 e. The molecule has 5 nitrogen and oxygen atoms in total. The Kier molecular flexibility index (Phi) is 7.95. The van der Waals surface area contributed by atoms with E-state index in [1.165, 1.54) is 0 Å². The van der Waals surface area contributed by atoms with E-state index in [9.17, 15) is 92.3 Å². The number of alkyl halides is 17. The van der Waals surface area contributed by atoms with Crippen molar-refractivity contribution < 1.29 is 97.1 Å². The van der Waals surface area contributed by atoms with Crippen molar-refractivity contribution in [2.24, 2.45) is 0 Å². The lowest BCUT2D eigenvalue weighted by Crippen LogP contribution is -2.72. The number of rotatable bonds is 10. The third kappa shape index (κ3) is 4.45. The predicted molar refractivity (Wildman–Crippen MR) is 68.8 cm³/mol. The second-order valence-corrected chi connectivity index (χ2v) is 7.50. The van der Waals surface area contributed by atoms with Crippen LogP contribution < -0.4 is 0 Å². The monoisotopic (exact) mass is 587 g/mol. The third-order valence-corrected chi connectivity index (χ3v) is 4.96. The molecular weight excluding hydrogens is 584 g/mol. The molecule has 208 valence electrons. The zero-order valence-corrected chi connectivity index (χ0v) is 15.9. The predicted octanol–water partition coefficient (Wildman–Crippen LogP) is 5.11. The Hall–Kier alpha value is -2.14. The van der Waals surface area contributed by atoms with Crippen molar-refractivity contribution in [3.8, 4) is 0 Å².